The number of nitrogens with one attached hydrogen (secondary N) is 2. The highest BCUT2D eigenvalue weighted by molar-refractivity contribution is 5.95. The highest BCUT2D eigenvalue weighted by atomic mass is 16.5. The molecule has 0 aromatic heterocycles. The molecule has 2 rings (SSSR count). The van der Waals surface area contributed by atoms with Crippen molar-refractivity contribution >= 4 is 23.2 Å². The van der Waals surface area contributed by atoms with Gasteiger partial charge in [-0.05, 0) is 61.2 Å². The molecule has 0 radical (unpaired) electrons. The second-order valence-corrected chi connectivity index (χ2v) is 7.04. The predicted molar refractivity (Wildman–Crippen MR) is 109 cm³/mol. The zero-order chi connectivity index (χ0) is 19.8. The van der Waals surface area contributed by atoms with Gasteiger partial charge in [0.05, 0.1) is 0 Å². The fraction of sp³-hybridized carbons (Fsp3) is 0.364. The highest BCUT2D eigenvalue weighted by Crippen LogP contribution is 2.18. The summed E-state index contributed by atoms with van der Waals surface area (Å²) in [5.41, 5.74) is 2.45. The molecule has 1 unspecified atom stereocenters. The second-order valence-electron chi connectivity index (χ2n) is 7.04. The number of ether oxygens (including phenoxy) is 1. The van der Waals surface area contributed by atoms with E-state index in [4.69, 9.17) is 4.74 Å². The van der Waals surface area contributed by atoms with E-state index in [1.54, 1.807) is 24.3 Å². The van der Waals surface area contributed by atoms with Gasteiger partial charge >= 0.3 is 0 Å². The summed E-state index contributed by atoms with van der Waals surface area (Å²) in [5, 5.41) is 5.71. The Morgan fingerprint density at radius 2 is 1.63 bits per heavy atom. The lowest BCUT2D eigenvalue weighted by atomic mass is 10.1. The van der Waals surface area contributed by atoms with Gasteiger partial charge in [-0.15, -0.1) is 0 Å². The van der Waals surface area contributed by atoms with Crippen LogP contribution in [0.1, 0.15) is 39.2 Å². The molecule has 0 saturated heterocycles. The molecule has 2 amide bonds. The van der Waals surface area contributed by atoms with E-state index >= 15 is 0 Å². The standard InChI is InChI=1S/C22H28N2O3/c1-5-20(27-19-8-6-7-16(4)14-19)22(26)24-18-11-9-17(10-12-18)23-21(25)13-15(2)3/h6-12,14-15,20H,5,13H2,1-4H3,(H,23,25)(H,24,26). The minimum absolute atomic E-state index is 0.0145. The Morgan fingerprint density at radius 3 is 2.19 bits per heavy atom. The van der Waals surface area contributed by atoms with E-state index < -0.39 is 6.10 Å². The lowest BCUT2D eigenvalue weighted by molar-refractivity contribution is -0.122. The molecule has 0 fully saturated rings. The van der Waals surface area contributed by atoms with E-state index in [0.717, 1.165) is 5.56 Å². The van der Waals surface area contributed by atoms with Crippen LogP contribution >= 0.6 is 0 Å². The van der Waals surface area contributed by atoms with Crippen LogP contribution < -0.4 is 15.4 Å². The van der Waals surface area contributed by atoms with E-state index in [2.05, 4.69) is 10.6 Å². The van der Waals surface area contributed by atoms with Crippen LogP contribution in [0.25, 0.3) is 0 Å². The maximum atomic E-state index is 12.5. The summed E-state index contributed by atoms with van der Waals surface area (Å²) in [6.45, 7) is 7.89. The Balaban J connectivity index is 1.94. The van der Waals surface area contributed by atoms with Crippen LogP contribution in [0.2, 0.25) is 0 Å². The quantitative estimate of drug-likeness (QED) is 0.705. The fourth-order valence-electron chi connectivity index (χ4n) is 2.62. The normalized spacial score (nSPS) is 11.7. The van der Waals surface area contributed by atoms with Gasteiger partial charge < -0.3 is 15.4 Å². The van der Waals surface area contributed by atoms with Crippen molar-refractivity contribution in [2.45, 2.75) is 46.6 Å². The molecule has 1 atom stereocenters. The largest absolute Gasteiger partial charge is 0.481 e. The van der Waals surface area contributed by atoms with Crippen molar-refractivity contribution in [2.24, 2.45) is 5.92 Å². The Kier molecular flexibility index (Phi) is 7.41. The Bertz CT molecular complexity index is 769. The average molecular weight is 368 g/mol. The van der Waals surface area contributed by atoms with Crippen LogP contribution in [0.3, 0.4) is 0 Å². The molecule has 0 spiro atoms. The molecule has 0 aliphatic rings. The van der Waals surface area contributed by atoms with Crippen molar-refractivity contribution in [3.05, 3.63) is 54.1 Å². The molecule has 5 heteroatoms. The molecule has 2 aromatic rings. The highest BCUT2D eigenvalue weighted by Gasteiger charge is 2.18. The fourth-order valence-corrected chi connectivity index (χ4v) is 2.62. The molecular weight excluding hydrogens is 340 g/mol. The second kappa shape index (κ2) is 9.76. The van der Waals surface area contributed by atoms with E-state index in [-0.39, 0.29) is 11.8 Å². The van der Waals surface area contributed by atoms with Gasteiger partial charge in [0.25, 0.3) is 5.91 Å². The van der Waals surface area contributed by atoms with Gasteiger partial charge in [0.2, 0.25) is 5.91 Å². The van der Waals surface area contributed by atoms with Crippen LogP contribution in [0.15, 0.2) is 48.5 Å². The first-order chi connectivity index (χ1) is 12.9. The smallest absolute Gasteiger partial charge is 0.265 e. The molecule has 2 aromatic carbocycles. The Hall–Kier alpha value is -2.82. The minimum Gasteiger partial charge on any atom is -0.481 e. The minimum atomic E-state index is -0.572. The number of rotatable bonds is 8. The summed E-state index contributed by atoms with van der Waals surface area (Å²) < 4.78 is 5.82. The zero-order valence-corrected chi connectivity index (χ0v) is 16.4. The first-order valence-corrected chi connectivity index (χ1v) is 9.31. The van der Waals surface area contributed by atoms with Crippen LogP contribution in [-0.4, -0.2) is 17.9 Å². The summed E-state index contributed by atoms with van der Waals surface area (Å²) in [6.07, 6.45) is 0.466. The monoisotopic (exact) mass is 368 g/mol. The number of amides is 2. The van der Waals surface area contributed by atoms with Gasteiger partial charge in [-0.1, -0.05) is 32.9 Å². The third-order valence-electron chi connectivity index (χ3n) is 3.96. The zero-order valence-electron chi connectivity index (χ0n) is 16.4. The first-order valence-electron chi connectivity index (χ1n) is 9.31. The maximum absolute atomic E-state index is 12.5. The van der Waals surface area contributed by atoms with Crippen molar-refractivity contribution < 1.29 is 14.3 Å². The summed E-state index contributed by atoms with van der Waals surface area (Å²) in [4.78, 5) is 24.3. The molecular formula is C22H28N2O3. The lowest BCUT2D eigenvalue weighted by Crippen LogP contribution is -2.32. The number of benzene rings is 2. The predicted octanol–water partition coefficient (Wildman–Crippen LogP) is 4.78. The van der Waals surface area contributed by atoms with Crippen LogP contribution in [-0.2, 0) is 9.59 Å². The average Bonchev–Trinajstić information content (AvgIpc) is 2.60. The van der Waals surface area contributed by atoms with Crippen LogP contribution in [0.5, 0.6) is 5.75 Å². The third kappa shape index (κ3) is 6.77. The molecule has 2 N–H and O–H groups in total. The summed E-state index contributed by atoms with van der Waals surface area (Å²) in [7, 11) is 0. The van der Waals surface area contributed by atoms with Crippen molar-refractivity contribution in [2.75, 3.05) is 10.6 Å². The molecule has 0 heterocycles. The molecule has 144 valence electrons. The summed E-state index contributed by atoms with van der Waals surface area (Å²) in [5.74, 6) is 0.776. The van der Waals surface area contributed by atoms with Gasteiger partial charge in [0.15, 0.2) is 6.10 Å². The topological polar surface area (TPSA) is 67.4 Å². The Morgan fingerprint density at radius 1 is 1.00 bits per heavy atom. The molecule has 5 nitrogen and oxygen atoms in total. The van der Waals surface area contributed by atoms with Crippen molar-refractivity contribution in [3.8, 4) is 5.75 Å². The molecule has 0 bridgehead atoms. The number of carbonyl (C=O) groups excluding carboxylic acids is 2. The first kappa shape index (κ1) is 20.5. The van der Waals surface area contributed by atoms with Gasteiger partial charge in [-0.3, -0.25) is 9.59 Å². The van der Waals surface area contributed by atoms with E-state index in [9.17, 15) is 9.59 Å². The van der Waals surface area contributed by atoms with Crippen molar-refractivity contribution in [3.63, 3.8) is 0 Å². The van der Waals surface area contributed by atoms with E-state index in [1.165, 1.54) is 0 Å². The number of hydrogen-bond acceptors (Lipinski definition) is 3. The van der Waals surface area contributed by atoms with Crippen molar-refractivity contribution in [1.82, 2.24) is 0 Å². The van der Waals surface area contributed by atoms with E-state index in [1.807, 2.05) is 52.0 Å². The summed E-state index contributed by atoms with van der Waals surface area (Å²) >= 11 is 0. The van der Waals surface area contributed by atoms with Gasteiger partial charge in [0, 0.05) is 17.8 Å². The Labute approximate surface area is 161 Å². The SMILES string of the molecule is CCC(Oc1cccc(C)c1)C(=O)Nc1ccc(NC(=O)CC(C)C)cc1. The van der Waals surface area contributed by atoms with Gasteiger partial charge in [-0.2, -0.15) is 0 Å². The molecule has 0 aliphatic carbocycles. The summed E-state index contributed by atoms with van der Waals surface area (Å²) in [6, 6.07) is 14.7. The third-order valence-corrected chi connectivity index (χ3v) is 3.96. The van der Waals surface area contributed by atoms with Crippen molar-refractivity contribution in [1.29, 1.82) is 0 Å². The molecule has 0 aliphatic heterocycles. The van der Waals surface area contributed by atoms with Gasteiger partial charge in [-0.25, -0.2) is 0 Å². The number of carbonyl (C=O) groups is 2. The van der Waals surface area contributed by atoms with Crippen LogP contribution in [0, 0.1) is 12.8 Å². The van der Waals surface area contributed by atoms with E-state index in [0.29, 0.717) is 35.9 Å². The molecule has 0 saturated carbocycles. The number of aryl methyl sites for hydroxylation is 1. The van der Waals surface area contributed by atoms with Crippen LogP contribution in [0.4, 0.5) is 11.4 Å². The van der Waals surface area contributed by atoms with Gasteiger partial charge in [0.1, 0.15) is 5.75 Å². The maximum Gasteiger partial charge on any atom is 0.265 e. The number of anilines is 2. The lowest BCUT2D eigenvalue weighted by Gasteiger charge is -2.18. The number of hydrogen-bond donors (Lipinski definition) is 2. The molecule has 27 heavy (non-hydrogen) atoms.